The highest BCUT2D eigenvalue weighted by atomic mass is 16.5. The lowest BCUT2D eigenvalue weighted by atomic mass is 10.6. The van der Waals surface area contributed by atoms with Crippen molar-refractivity contribution < 1.29 is 20.2 Å². The molecule has 0 aliphatic heterocycles. The van der Waals surface area contributed by atoms with E-state index in [0.717, 1.165) is 0 Å². The summed E-state index contributed by atoms with van der Waals surface area (Å²) >= 11 is 0. The van der Waals surface area contributed by atoms with Gasteiger partial charge < -0.3 is 15.5 Å². The van der Waals surface area contributed by atoms with Gasteiger partial charge >= 0.3 is 6.03 Å². The largest absolute Gasteiger partial charge is 0.395 e. The summed E-state index contributed by atoms with van der Waals surface area (Å²) in [5, 5.41) is 27.8. The maximum atomic E-state index is 10.6. The number of rotatable bonds is 4. The van der Waals surface area contributed by atoms with Crippen LogP contribution < -0.4 is 5.32 Å². The zero-order chi connectivity index (χ0) is 8.69. The third-order valence-corrected chi connectivity index (χ3v) is 0.934. The van der Waals surface area contributed by atoms with Crippen LogP contribution in [0, 0.1) is 0 Å². The highest BCUT2D eigenvalue weighted by molar-refractivity contribution is 5.72. The van der Waals surface area contributed by atoms with Crippen molar-refractivity contribution in [2.24, 2.45) is 0 Å². The molecule has 0 saturated heterocycles. The number of urea groups is 1. The minimum atomic E-state index is -0.729. The molecule has 6 heteroatoms. The molecule has 0 rings (SSSR count). The number of aliphatic hydroxyl groups is 2. The Balaban J connectivity index is 3.47. The molecular formula is C5H12N2O4. The fourth-order valence-electron chi connectivity index (χ4n) is 0.450. The minimum absolute atomic E-state index is 0.0846. The van der Waals surface area contributed by atoms with E-state index in [-0.39, 0.29) is 26.3 Å². The van der Waals surface area contributed by atoms with Crippen molar-refractivity contribution in [3.05, 3.63) is 0 Å². The normalized spacial score (nSPS) is 9.36. The standard InChI is InChI=1S/C5H12N2O4/c8-3-1-6-5(10)7(11)2-4-9/h8-9,11H,1-4H2,(H,6,10). The van der Waals surface area contributed by atoms with Gasteiger partial charge in [0.25, 0.3) is 0 Å². The summed E-state index contributed by atoms with van der Waals surface area (Å²) in [4.78, 5) is 10.6. The second-order valence-electron chi connectivity index (χ2n) is 1.80. The number of aliphatic hydroxyl groups excluding tert-OH is 2. The molecule has 0 spiro atoms. The lowest BCUT2D eigenvalue weighted by Gasteiger charge is -2.13. The first kappa shape index (κ1) is 10.2. The van der Waals surface area contributed by atoms with Crippen LogP contribution in [0.25, 0.3) is 0 Å². The van der Waals surface area contributed by atoms with Crippen molar-refractivity contribution in [2.45, 2.75) is 0 Å². The van der Waals surface area contributed by atoms with Gasteiger partial charge in [-0.1, -0.05) is 0 Å². The van der Waals surface area contributed by atoms with Crippen molar-refractivity contribution in [2.75, 3.05) is 26.3 Å². The molecule has 0 bridgehead atoms. The molecule has 0 atom stereocenters. The number of carbonyl (C=O) groups is 1. The van der Waals surface area contributed by atoms with Crippen molar-refractivity contribution in [3.63, 3.8) is 0 Å². The molecule has 66 valence electrons. The Morgan fingerprint density at radius 1 is 1.36 bits per heavy atom. The number of nitrogens with zero attached hydrogens (tertiary/aromatic N) is 1. The second-order valence-corrected chi connectivity index (χ2v) is 1.80. The fraction of sp³-hybridized carbons (Fsp3) is 0.800. The van der Waals surface area contributed by atoms with Crippen molar-refractivity contribution in [3.8, 4) is 0 Å². The Bertz CT molecular complexity index is 119. The van der Waals surface area contributed by atoms with E-state index in [1.807, 2.05) is 0 Å². The molecule has 0 aromatic rings. The van der Waals surface area contributed by atoms with Crippen molar-refractivity contribution >= 4 is 6.03 Å². The first-order valence-corrected chi connectivity index (χ1v) is 3.18. The summed E-state index contributed by atoms with van der Waals surface area (Å²) in [6, 6.07) is -0.729. The zero-order valence-corrected chi connectivity index (χ0v) is 6.03. The monoisotopic (exact) mass is 164 g/mol. The fourth-order valence-corrected chi connectivity index (χ4v) is 0.450. The molecule has 0 fully saturated rings. The molecule has 0 aromatic heterocycles. The predicted molar refractivity (Wildman–Crippen MR) is 36.1 cm³/mol. The summed E-state index contributed by atoms with van der Waals surface area (Å²) in [7, 11) is 0. The van der Waals surface area contributed by atoms with Gasteiger partial charge in [0.15, 0.2) is 0 Å². The van der Waals surface area contributed by atoms with E-state index in [4.69, 9.17) is 15.4 Å². The van der Waals surface area contributed by atoms with Gasteiger partial charge in [-0.25, -0.2) is 9.86 Å². The Labute approximate surface area is 64.0 Å². The van der Waals surface area contributed by atoms with Crippen LogP contribution in [0.1, 0.15) is 0 Å². The van der Waals surface area contributed by atoms with Gasteiger partial charge in [-0.15, -0.1) is 0 Å². The molecular weight excluding hydrogens is 152 g/mol. The Morgan fingerprint density at radius 2 is 2.00 bits per heavy atom. The number of nitrogens with one attached hydrogen (secondary N) is 1. The van der Waals surface area contributed by atoms with Gasteiger partial charge in [0.2, 0.25) is 0 Å². The quantitative estimate of drug-likeness (QED) is 0.296. The average molecular weight is 164 g/mol. The maximum Gasteiger partial charge on any atom is 0.341 e. The van der Waals surface area contributed by atoms with Gasteiger partial charge in [0.1, 0.15) is 0 Å². The van der Waals surface area contributed by atoms with Crippen molar-refractivity contribution in [1.82, 2.24) is 10.4 Å². The second kappa shape index (κ2) is 5.90. The van der Waals surface area contributed by atoms with Crippen LogP contribution in [0.4, 0.5) is 4.79 Å². The third kappa shape index (κ3) is 4.54. The lowest BCUT2D eigenvalue weighted by Crippen LogP contribution is -2.40. The first-order valence-electron chi connectivity index (χ1n) is 3.18. The number of hydrogen-bond acceptors (Lipinski definition) is 4. The van der Waals surface area contributed by atoms with E-state index in [1.54, 1.807) is 0 Å². The Kier molecular flexibility index (Phi) is 5.44. The minimum Gasteiger partial charge on any atom is -0.395 e. The van der Waals surface area contributed by atoms with Crippen molar-refractivity contribution in [1.29, 1.82) is 0 Å². The molecule has 0 radical (unpaired) electrons. The number of carbonyl (C=O) groups excluding carboxylic acids is 1. The highest BCUT2D eigenvalue weighted by Gasteiger charge is 2.07. The molecule has 0 aromatic carbocycles. The first-order chi connectivity index (χ1) is 5.22. The SMILES string of the molecule is O=C(NCCO)N(O)CCO. The smallest absolute Gasteiger partial charge is 0.341 e. The number of hydroxylamine groups is 2. The molecule has 0 saturated carbocycles. The number of amides is 2. The molecule has 0 aliphatic carbocycles. The molecule has 0 heterocycles. The van der Waals surface area contributed by atoms with Crippen LogP contribution in [0.3, 0.4) is 0 Å². The van der Waals surface area contributed by atoms with Gasteiger partial charge in [-0.3, -0.25) is 5.21 Å². The molecule has 4 N–H and O–H groups in total. The van der Waals surface area contributed by atoms with Crippen LogP contribution >= 0.6 is 0 Å². The zero-order valence-electron chi connectivity index (χ0n) is 6.03. The highest BCUT2D eigenvalue weighted by Crippen LogP contribution is 1.80. The predicted octanol–water partition coefficient (Wildman–Crippen LogP) is -1.63. The van der Waals surface area contributed by atoms with E-state index in [2.05, 4.69) is 5.32 Å². The van der Waals surface area contributed by atoms with Crippen LogP contribution in [0.15, 0.2) is 0 Å². The summed E-state index contributed by atoms with van der Waals surface area (Å²) < 4.78 is 0. The van der Waals surface area contributed by atoms with E-state index >= 15 is 0 Å². The molecule has 11 heavy (non-hydrogen) atoms. The van der Waals surface area contributed by atoms with E-state index < -0.39 is 6.03 Å². The summed E-state index contributed by atoms with van der Waals surface area (Å²) in [6.07, 6.45) is 0. The third-order valence-electron chi connectivity index (χ3n) is 0.934. The lowest BCUT2D eigenvalue weighted by molar-refractivity contribution is -0.0521. The van der Waals surface area contributed by atoms with Crippen LogP contribution in [-0.2, 0) is 0 Å². The van der Waals surface area contributed by atoms with E-state index in [1.165, 1.54) is 0 Å². The average Bonchev–Trinajstić information content (AvgIpc) is 2.00. The van der Waals surface area contributed by atoms with Crippen LogP contribution in [0.2, 0.25) is 0 Å². The molecule has 0 unspecified atom stereocenters. The molecule has 6 nitrogen and oxygen atoms in total. The Hall–Kier alpha value is -0.850. The molecule has 2 amide bonds. The van der Waals surface area contributed by atoms with Crippen LogP contribution in [-0.4, -0.2) is 52.8 Å². The maximum absolute atomic E-state index is 10.6. The number of hydrogen-bond donors (Lipinski definition) is 4. The Morgan fingerprint density at radius 3 is 2.45 bits per heavy atom. The molecule has 0 aliphatic rings. The van der Waals surface area contributed by atoms with E-state index in [0.29, 0.717) is 5.06 Å². The topological polar surface area (TPSA) is 93.0 Å². The summed E-state index contributed by atoms with van der Waals surface area (Å²) in [5.74, 6) is 0. The summed E-state index contributed by atoms with van der Waals surface area (Å²) in [5.41, 5.74) is 0. The van der Waals surface area contributed by atoms with Gasteiger partial charge in [0, 0.05) is 6.54 Å². The van der Waals surface area contributed by atoms with Gasteiger partial charge in [-0.05, 0) is 0 Å². The summed E-state index contributed by atoms with van der Waals surface area (Å²) in [6.45, 7) is -0.541. The van der Waals surface area contributed by atoms with Gasteiger partial charge in [-0.2, -0.15) is 0 Å². The van der Waals surface area contributed by atoms with E-state index in [9.17, 15) is 4.79 Å². The van der Waals surface area contributed by atoms with Crippen LogP contribution in [0.5, 0.6) is 0 Å². The van der Waals surface area contributed by atoms with Gasteiger partial charge in [0.05, 0.1) is 19.8 Å².